The largest absolute Gasteiger partial charge is 0.282 e. The van der Waals surface area contributed by atoms with Crippen molar-refractivity contribution in [1.29, 1.82) is 0 Å². The molecule has 0 radical (unpaired) electrons. The highest BCUT2D eigenvalue weighted by atomic mass is 14.8. The van der Waals surface area contributed by atoms with Crippen molar-refractivity contribution in [2.24, 2.45) is 4.99 Å². The molecule has 0 aliphatic carbocycles. The lowest BCUT2D eigenvalue weighted by molar-refractivity contribution is 0.942. The zero-order valence-electron chi connectivity index (χ0n) is 11.1. The van der Waals surface area contributed by atoms with E-state index in [1.54, 1.807) is 0 Å². The predicted octanol–water partition coefficient (Wildman–Crippen LogP) is 3.63. The van der Waals surface area contributed by atoms with Crippen molar-refractivity contribution in [3.05, 3.63) is 77.5 Å². The van der Waals surface area contributed by atoms with Crippen LogP contribution < -0.4 is 0 Å². The van der Waals surface area contributed by atoms with Gasteiger partial charge in [-0.1, -0.05) is 48.5 Å². The van der Waals surface area contributed by atoms with Gasteiger partial charge in [0.05, 0.1) is 16.9 Å². The van der Waals surface area contributed by atoms with Crippen molar-refractivity contribution >= 4 is 16.6 Å². The van der Waals surface area contributed by atoms with Crippen molar-refractivity contribution in [3.8, 4) is 0 Å². The molecule has 96 valence electrons. The monoisotopic (exact) mass is 258 g/mol. The molecule has 0 fully saturated rings. The van der Waals surface area contributed by atoms with Gasteiger partial charge in [-0.05, 0) is 24.1 Å². The molecule has 1 aromatic heterocycles. The maximum Gasteiger partial charge on any atom is 0.0906 e. The van der Waals surface area contributed by atoms with Gasteiger partial charge in [0.2, 0.25) is 0 Å². The second kappa shape index (κ2) is 4.57. The van der Waals surface area contributed by atoms with Crippen molar-refractivity contribution in [2.75, 3.05) is 6.54 Å². The molecule has 0 bridgehead atoms. The van der Waals surface area contributed by atoms with Crippen LogP contribution in [0, 0.1) is 0 Å². The molecule has 0 spiro atoms. The number of pyridine rings is 1. The molecule has 0 N–H and O–H groups in total. The minimum absolute atomic E-state index is 0.848. The Morgan fingerprint density at radius 2 is 1.65 bits per heavy atom. The molecule has 2 heterocycles. The number of rotatable bonds is 1. The topological polar surface area (TPSA) is 25.2 Å². The molecule has 0 saturated heterocycles. The lowest BCUT2D eigenvalue weighted by Crippen LogP contribution is -2.15. The summed E-state index contributed by atoms with van der Waals surface area (Å²) in [6.45, 7) is 0.848. The fourth-order valence-corrected chi connectivity index (χ4v) is 2.76. The summed E-state index contributed by atoms with van der Waals surface area (Å²) in [7, 11) is 0. The van der Waals surface area contributed by atoms with E-state index >= 15 is 0 Å². The third-order valence-corrected chi connectivity index (χ3v) is 3.76. The van der Waals surface area contributed by atoms with Crippen LogP contribution in [0.25, 0.3) is 10.9 Å². The predicted molar refractivity (Wildman–Crippen MR) is 82.4 cm³/mol. The Bertz CT molecular complexity index is 818. The zero-order valence-corrected chi connectivity index (χ0v) is 11.1. The fraction of sp³-hybridized carbons (Fsp3) is 0.111. The van der Waals surface area contributed by atoms with E-state index in [4.69, 9.17) is 9.98 Å². The standard InChI is InChI=1S/C18H14N2/c1-3-7-15-13(5-1)11-12-19-18(15)17-10-9-14-6-2-4-8-16(14)20-17/h1-10H,11-12H2. The van der Waals surface area contributed by atoms with Crippen LogP contribution in [0.1, 0.15) is 16.8 Å². The average molecular weight is 258 g/mol. The first-order chi connectivity index (χ1) is 9.92. The van der Waals surface area contributed by atoms with Crippen LogP contribution in [0.3, 0.4) is 0 Å². The zero-order chi connectivity index (χ0) is 13.4. The smallest absolute Gasteiger partial charge is 0.0906 e. The van der Waals surface area contributed by atoms with Gasteiger partial charge in [-0.2, -0.15) is 0 Å². The highest BCUT2D eigenvalue weighted by molar-refractivity contribution is 6.13. The van der Waals surface area contributed by atoms with Crippen molar-refractivity contribution < 1.29 is 0 Å². The summed E-state index contributed by atoms with van der Waals surface area (Å²) in [5, 5.41) is 1.17. The molecule has 2 heteroatoms. The lowest BCUT2D eigenvalue weighted by Gasteiger charge is -2.16. The number of para-hydroxylation sites is 1. The van der Waals surface area contributed by atoms with Crippen molar-refractivity contribution in [1.82, 2.24) is 4.98 Å². The SMILES string of the molecule is c1ccc2c(c1)CCN=C2c1ccc2ccccc2n1. The first-order valence-corrected chi connectivity index (χ1v) is 6.91. The van der Waals surface area contributed by atoms with Gasteiger partial charge < -0.3 is 0 Å². The molecule has 2 aromatic carbocycles. The van der Waals surface area contributed by atoms with Crippen LogP contribution >= 0.6 is 0 Å². The van der Waals surface area contributed by atoms with Gasteiger partial charge in [0, 0.05) is 17.5 Å². The number of nitrogens with zero attached hydrogens (tertiary/aromatic N) is 2. The summed E-state index contributed by atoms with van der Waals surface area (Å²) in [4.78, 5) is 9.47. The van der Waals surface area contributed by atoms with E-state index < -0.39 is 0 Å². The van der Waals surface area contributed by atoms with Gasteiger partial charge >= 0.3 is 0 Å². The van der Waals surface area contributed by atoms with E-state index in [-0.39, 0.29) is 0 Å². The number of benzene rings is 2. The molecule has 1 aliphatic heterocycles. The number of fused-ring (bicyclic) bond motifs is 2. The maximum absolute atomic E-state index is 4.77. The minimum atomic E-state index is 0.848. The van der Waals surface area contributed by atoms with Gasteiger partial charge in [0.25, 0.3) is 0 Å². The van der Waals surface area contributed by atoms with E-state index in [1.807, 2.05) is 18.2 Å². The van der Waals surface area contributed by atoms with Gasteiger partial charge in [-0.3, -0.25) is 4.99 Å². The Kier molecular flexibility index (Phi) is 2.59. The molecule has 0 unspecified atom stereocenters. The maximum atomic E-state index is 4.77. The molecular weight excluding hydrogens is 244 g/mol. The third-order valence-electron chi connectivity index (χ3n) is 3.76. The van der Waals surface area contributed by atoms with E-state index in [9.17, 15) is 0 Å². The molecule has 20 heavy (non-hydrogen) atoms. The Hall–Kier alpha value is -2.48. The van der Waals surface area contributed by atoms with Gasteiger partial charge in [0.15, 0.2) is 0 Å². The van der Waals surface area contributed by atoms with E-state index in [0.29, 0.717) is 0 Å². The quantitative estimate of drug-likeness (QED) is 0.654. The average Bonchev–Trinajstić information content (AvgIpc) is 2.54. The molecule has 0 saturated carbocycles. The summed E-state index contributed by atoms with van der Waals surface area (Å²) in [6, 6.07) is 20.9. The first kappa shape index (κ1) is 11.4. The van der Waals surface area contributed by atoms with Crippen LogP contribution in [0.4, 0.5) is 0 Å². The molecule has 0 amide bonds. The van der Waals surface area contributed by atoms with Crippen LogP contribution in [-0.4, -0.2) is 17.2 Å². The van der Waals surface area contributed by atoms with Crippen LogP contribution in [-0.2, 0) is 6.42 Å². The number of aromatic nitrogens is 1. The van der Waals surface area contributed by atoms with Gasteiger partial charge in [-0.25, -0.2) is 4.98 Å². The van der Waals surface area contributed by atoms with Gasteiger partial charge in [0.1, 0.15) is 0 Å². The van der Waals surface area contributed by atoms with E-state index in [0.717, 1.165) is 29.9 Å². The molecule has 4 rings (SSSR count). The van der Waals surface area contributed by atoms with Crippen LogP contribution in [0.2, 0.25) is 0 Å². The molecule has 1 aliphatic rings. The second-order valence-electron chi connectivity index (χ2n) is 5.03. The van der Waals surface area contributed by atoms with Gasteiger partial charge in [-0.15, -0.1) is 0 Å². The summed E-state index contributed by atoms with van der Waals surface area (Å²) < 4.78 is 0. The number of hydrogen-bond donors (Lipinski definition) is 0. The Labute approximate surface area is 117 Å². The molecule has 3 aromatic rings. The summed E-state index contributed by atoms with van der Waals surface area (Å²) in [5.74, 6) is 0. The lowest BCUT2D eigenvalue weighted by atomic mass is 9.95. The molecular formula is C18H14N2. The first-order valence-electron chi connectivity index (χ1n) is 6.91. The second-order valence-corrected chi connectivity index (χ2v) is 5.03. The van der Waals surface area contributed by atoms with E-state index in [2.05, 4.69) is 42.5 Å². The summed E-state index contributed by atoms with van der Waals surface area (Å²) in [5.41, 5.74) is 5.61. The third kappa shape index (κ3) is 1.81. The Morgan fingerprint density at radius 3 is 2.65 bits per heavy atom. The molecule has 2 nitrogen and oxygen atoms in total. The van der Waals surface area contributed by atoms with Crippen LogP contribution in [0.5, 0.6) is 0 Å². The van der Waals surface area contributed by atoms with Crippen molar-refractivity contribution in [3.63, 3.8) is 0 Å². The normalized spacial score (nSPS) is 13.9. The minimum Gasteiger partial charge on any atom is -0.282 e. The number of hydrogen-bond acceptors (Lipinski definition) is 2. The van der Waals surface area contributed by atoms with Crippen LogP contribution in [0.15, 0.2) is 65.7 Å². The Morgan fingerprint density at radius 1 is 0.800 bits per heavy atom. The van der Waals surface area contributed by atoms with E-state index in [1.165, 1.54) is 16.5 Å². The number of aliphatic imine (C=N–C) groups is 1. The Balaban J connectivity index is 1.89. The summed E-state index contributed by atoms with van der Waals surface area (Å²) in [6.07, 6.45) is 1.02. The summed E-state index contributed by atoms with van der Waals surface area (Å²) >= 11 is 0. The fourth-order valence-electron chi connectivity index (χ4n) is 2.76. The highest BCUT2D eigenvalue weighted by Gasteiger charge is 2.16. The van der Waals surface area contributed by atoms with Crippen molar-refractivity contribution in [2.45, 2.75) is 6.42 Å². The molecule has 0 atom stereocenters. The highest BCUT2D eigenvalue weighted by Crippen LogP contribution is 2.21.